The van der Waals surface area contributed by atoms with E-state index in [9.17, 15) is 4.79 Å². The maximum Gasteiger partial charge on any atom is 0.311 e. The number of fused-ring (bicyclic) bond motifs is 1. The number of aryl methyl sites for hydroxylation is 1. The molecule has 0 amide bonds. The van der Waals surface area contributed by atoms with Crippen LogP contribution in [0.25, 0.3) is 5.65 Å². The lowest BCUT2D eigenvalue weighted by Gasteiger charge is -2.02. The van der Waals surface area contributed by atoms with Gasteiger partial charge in [0.15, 0.2) is 5.82 Å². The molecule has 134 valence electrons. The molecule has 0 unspecified atom stereocenters. The van der Waals surface area contributed by atoms with Gasteiger partial charge in [-0.05, 0) is 49.7 Å². The molecular formula is C19H20N4O3. The van der Waals surface area contributed by atoms with E-state index in [1.54, 1.807) is 0 Å². The molecule has 1 aromatic carbocycles. The molecule has 0 saturated carbocycles. The zero-order chi connectivity index (χ0) is 18.5. The van der Waals surface area contributed by atoms with Crippen LogP contribution in [0.2, 0.25) is 0 Å². The molecule has 0 bridgehead atoms. The van der Waals surface area contributed by atoms with Crippen molar-refractivity contribution in [3.8, 4) is 5.75 Å². The van der Waals surface area contributed by atoms with Crippen LogP contribution in [0.1, 0.15) is 18.2 Å². The maximum absolute atomic E-state index is 11.7. The molecule has 3 rings (SSSR count). The summed E-state index contributed by atoms with van der Waals surface area (Å²) < 4.78 is 12.0. The minimum atomic E-state index is -0.373. The summed E-state index contributed by atoms with van der Waals surface area (Å²) in [6, 6.07) is 11.2. The zero-order valence-corrected chi connectivity index (χ0v) is 15.0. The number of carbonyl (C=O) groups excluding carboxylic acids is 1. The fourth-order valence-electron chi connectivity index (χ4n) is 2.50. The number of methoxy groups -OCH3 is 1. The second-order valence-corrected chi connectivity index (χ2v) is 5.70. The van der Waals surface area contributed by atoms with Crippen molar-refractivity contribution in [1.29, 1.82) is 0 Å². The van der Waals surface area contributed by atoms with Crippen LogP contribution < -0.4 is 4.74 Å². The number of esters is 1. The fourth-order valence-corrected chi connectivity index (χ4v) is 2.50. The number of hydrogen-bond acceptors (Lipinski definition) is 6. The lowest BCUT2D eigenvalue weighted by atomic mass is 10.3. The summed E-state index contributed by atoms with van der Waals surface area (Å²) in [5, 5.41) is 8.63. The van der Waals surface area contributed by atoms with E-state index >= 15 is 0 Å². The average Bonchev–Trinajstić information content (AvgIpc) is 2.97. The van der Waals surface area contributed by atoms with E-state index in [4.69, 9.17) is 9.47 Å². The van der Waals surface area contributed by atoms with Gasteiger partial charge in [0.1, 0.15) is 11.4 Å². The van der Waals surface area contributed by atoms with Gasteiger partial charge < -0.3 is 9.47 Å². The van der Waals surface area contributed by atoms with Crippen LogP contribution in [0.5, 0.6) is 5.75 Å². The lowest BCUT2D eigenvalue weighted by Crippen LogP contribution is -2.04. The van der Waals surface area contributed by atoms with E-state index in [1.165, 1.54) is 7.11 Å². The van der Waals surface area contributed by atoms with E-state index in [-0.39, 0.29) is 12.4 Å². The van der Waals surface area contributed by atoms with Crippen molar-refractivity contribution in [2.75, 3.05) is 13.7 Å². The monoisotopic (exact) mass is 352 g/mol. The first-order chi connectivity index (χ1) is 12.6. The lowest BCUT2D eigenvalue weighted by molar-refractivity contribution is -0.139. The van der Waals surface area contributed by atoms with Crippen molar-refractivity contribution in [3.05, 3.63) is 53.9 Å². The highest BCUT2D eigenvalue weighted by molar-refractivity contribution is 5.74. The normalized spacial score (nSPS) is 11.2. The summed E-state index contributed by atoms with van der Waals surface area (Å²) in [5.41, 5.74) is 2.96. The molecule has 0 aliphatic rings. The van der Waals surface area contributed by atoms with Gasteiger partial charge in [-0.25, -0.2) is 4.98 Å². The standard InChI is InChI=1S/C19H20N4O3/c1-4-26-15-8-6-14(7-9-15)21-22-19-16(11-18(24)25-3)20-17-10-5-13(2)12-23(17)19/h5-10,12H,4,11H2,1-3H3. The second kappa shape index (κ2) is 7.77. The number of nitrogens with zero attached hydrogens (tertiary/aromatic N) is 4. The van der Waals surface area contributed by atoms with Crippen LogP contribution >= 0.6 is 0 Å². The Morgan fingerprint density at radius 2 is 1.92 bits per heavy atom. The summed E-state index contributed by atoms with van der Waals surface area (Å²) in [6.07, 6.45) is 1.95. The number of carbonyl (C=O) groups is 1. The van der Waals surface area contributed by atoms with Crippen molar-refractivity contribution < 1.29 is 14.3 Å². The van der Waals surface area contributed by atoms with Gasteiger partial charge in [0.05, 0.1) is 31.5 Å². The molecule has 0 N–H and O–H groups in total. The van der Waals surface area contributed by atoms with Gasteiger partial charge in [0.25, 0.3) is 0 Å². The van der Waals surface area contributed by atoms with Gasteiger partial charge in [0.2, 0.25) is 0 Å². The molecule has 0 saturated heterocycles. The van der Waals surface area contributed by atoms with E-state index in [0.717, 1.165) is 11.3 Å². The predicted octanol–water partition coefficient (Wildman–Crippen LogP) is 4.17. The highest BCUT2D eigenvalue weighted by Gasteiger charge is 2.16. The Morgan fingerprint density at radius 3 is 2.62 bits per heavy atom. The number of aromatic nitrogens is 2. The quantitative estimate of drug-likeness (QED) is 0.493. The molecule has 2 aromatic heterocycles. The Hall–Kier alpha value is -3.22. The predicted molar refractivity (Wildman–Crippen MR) is 97.4 cm³/mol. The zero-order valence-electron chi connectivity index (χ0n) is 15.0. The minimum absolute atomic E-state index is 0.0366. The summed E-state index contributed by atoms with van der Waals surface area (Å²) in [7, 11) is 1.35. The third kappa shape index (κ3) is 3.88. The van der Waals surface area contributed by atoms with E-state index in [0.29, 0.717) is 29.5 Å². The Morgan fingerprint density at radius 1 is 1.15 bits per heavy atom. The molecular weight excluding hydrogens is 332 g/mol. The molecule has 0 atom stereocenters. The van der Waals surface area contributed by atoms with Crippen molar-refractivity contribution >= 4 is 23.1 Å². The molecule has 0 aliphatic heterocycles. The number of benzene rings is 1. The maximum atomic E-state index is 11.7. The Labute approximate surface area is 151 Å². The summed E-state index contributed by atoms with van der Waals surface area (Å²) in [5.74, 6) is 0.925. The molecule has 2 heterocycles. The number of azo groups is 1. The van der Waals surface area contributed by atoms with Gasteiger partial charge in [-0.15, -0.1) is 10.2 Å². The van der Waals surface area contributed by atoms with Gasteiger partial charge in [0, 0.05) is 6.20 Å². The number of pyridine rings is 1. The first kappa shape index (κ1) is 17.6. The smallest absolute Gasteiger partial charge is 0.311 e. The number of ether oxygens (including phenoxy) is 2. The molecule has 0 radical (unpaired) electrons. The Bertz CT molecular complexity index is 945. The highest BCUT2D eigenvalue weighted by atomic mass is 16.5. The molecule has 26 heavy (non-hydrogen) atoms. The van der Waals surface area contributed by atoms with Crippen molar-refractivity contribution in [3.63, 3.8) is 0 Å². The van der Waals surface area contributed by atoms with Gasteiger partial charge in [-0.1, -0.05) is 6.07 Å². The fraction of sp³-hybridized carbons (Fsp3) is 0.263. The van der Waals surface area contributed by atoms with E-state index in [2.05, 4.69) is 15.2 Å². The first-order valence-electron chi connectivity index (χ1n) is 8.29. The molecule has 0 fully saturated rings. The van der Waals surface area contributed by atoms with Crippen molar-refractivity contribution in [2.24, 2.45) is 10.2 Å². The van der Waals surface area contributed by atoms with Crippen LogP contribution in [-0.2, 0) is 16.0 Å². The van der Waals surface area contributed by atoms with Crippen LogP contribution in [0, 0.1) is 6.92 Å². The summed E-state index contributed by atoms with van der Waals surface area (Å²) in [4.78, 5) is 16.2. The molecule has 7 nitrogen and oxygen atoms in total. The number of rotatable bonds is 6. The SMILES string of the molecule is CCOc1ccc(N=Nc2c(CC(=O)OC)nc3ccc(C)cn23)cc1. The topological polar surface area (TPSA) is 77.5 Å². The Balaban J connectivity index is 1.97. The summed E-state index contributed by atoms with van der Waals surface area (Å²) in [6.45, 7) is 4.52. The van der Waals surface area contributed by atoms with Gasteiger partial charge >= 0.3 is 5.97 Å². The molecule has 0 spiro atoms. The van der Waals surface area contributed by atoms with Crippen LogP contribution in [0.3, 0.4) is 0 Å². The molecule has 7 heteroatoms. The second-order valence-electron chi connectivity index (χ2n) is 5.70. The largest absolute Gasteiger partial charge is 0.494 e. The van der Waals surface area contributed by atoms with Crippen LogP contribution in [0.4, 0.5) is 11.5 Å². The van der Waals surface area contributed by atoms with E-state index in [1.807, 2.05) is 60.8 Å². The summed E-state index contributed by atoms with van der Waals surface area (Å²) >= 11 is 0. The minimum Gasteiger partial charge on any atom is -0.494 e. The average molecular weight is 352 g/mol. The third-order valence-electron chi connectivity index (χ3n) is 3.76. The number of imidazole rings is 1. The molecule has 0 aliphatic carbocycles. The van der Waals surface area contributed by atoms with Crippen molar-refractivity contribution in [2.45, 2.75) is 20.3 Å². The molecule has 3 aromatic rings. The number of hydrogen-bond donors (Lipinski definition) is 0. The van der Waals surface area contributed by atoms with Crippen LogP contribution in [0.15, 0.2) is 52.8 Å². The van der Waals surface area contributed by atoms with E-state index < -0.39 is 0 Å². The van der Waals surface area contributed by atoms with Crippen LogP contribution in [-0.4, -0.2) is 29.1 Å². The third-order valence-corrected chi connectivity index (χ3v) is 3.76. The first-order valence-corrected chi connectivity index (χ1v) is 8.29. The Kier molecular flexibility index (Phi) is 5.26. The van der Waals surface area contributed by atoms with Crippen molar-refractivity contribution in [1.82, 2.24) is 9.38 Å². The van der Waals surface area contributed by atoms with Gasteiger partial charge in [-0.2, -0.15) is 0 Å². The highest BCUT2D eigenvalue weighted by Crippen LogP contribution is 2.26. The van der Waals surface area contributed by atoms with Gasteiger partial charge in [-0.3, -0.25) is 9.20 Å².